The second-order valence-corrected chi connectivity index (χ2v) is 6.12. The first-order valence-electron chi connectivity index (χ1n) is 8.00. The van der Waals surface area contributed by atoms with Crippen molar-refractivity contribution in [2.75, 3.05) is 0 Å². The van der Waals surface area contributed by atoms with E-state index in [1.54, 1.807) is 6.20 Å². The molecular weight excluding hydrogens is 272 g/mol. The van der Waals surface area contributed by atoms with Gasteiger partial charge in [0, 0.05) is 37.4 Å². The molecule has 1 aromatic heterocycles. The predicted molar refractivity (Wildman–Crippen MR) is 86.0 cm³/mol. The van der Waals surface area contributed by atoms with E-state index in [-0.39, 0.29) is 5.92 Å². The normalized spacial score (nSPS) is 21.4. The van der Waals surface area contributed by atoms with Crippen LogP contribution in [0.2, 0.25) is 0 Å². The third-order valence-electron chi connectivity index (χ3n) is 4.40. The summed E-state index contributed by atoms with van der Waals surface area (Å²) in [5.74, 6) is 0.240. The Balaban J connectivity index is 1.50. The Morgan fingerprint density at radius 2 is 2.05 bits per heavy atom. The monoisotopic (exact) mass is 294 g/mol. The largest absolute Gasteiger partial charge is 0.333 e. The zero-order chi connectivity index (χ0) is 15.2. The highest BCUT2D eigenvalue weighted by molar-refractivity contribution is 5.22. The van der Waals surface area contributed by atoms with Crippen molar-refractivity contribution in [3.63, 3.8) is 0 Å². The summed E-state index contributed by atoms with van der Waals surface area (Å²) in [7, 11) is 0. The van der Waals surface area contributed by atoms with Crippen molar-refractivity contribution in [1.29, 1.82) is 5.26 Å². The molecule has 1 N–H and O–H groups in total. The summed E-state index contributed by atoms with van der Waals surface area (Å²) in [6.45, 7) is 1.74. The minimum Gasteiger partial charge on any atom is -0.333 e. The van der Waals surface area contributed by atoms with Gasteiger partial charge in [-0.2, -0.15) is 5.26 Å². The van der Waals surface area contributed by atoms with E-state index in [0.717, 1.165) is 25.9 Å². The Morgan fingerprint density at radius 1 is 1.23 bits per heavy atom. The Bertz CT molecular complexity index is 610. The SMILES string of the molecule is N#C[C@@H]1CCC[C@@H](NCc2ccc(Cn3ccnc3)cc2)C1. The maximum atomic E-state index is 9.05. The second-order valence-electron chi connectivity index (χ2n) is 6.12. The molecule has 0 unspecified atom stereocenters. The van der Waals surface area contributed by atoms with Crippen molar-refractivity contribution >= 4 is 0 Å². The van der Waals surface area contributed by atoms with Gasteiger partial charge < -0.3 is 9.88 Å². The number of nitriles is 1. The van der Waals surface area contributed by atoms with Crippen LogP contribution in [0.1, 0.15) is 36.8 Å². The number of hydrogen-bond donors (Lipinski definition) is 1. The van der Waals surface area contributed by atoms with Crippen molar-refractivity contribution in [3.8, 4) is 6.07 Å². The summed E-state index contributed by atoms with van der Waals surface area (Å²) in [6.07, 6.45) is 10.0. The van der Waals surface area contributed by atoms with E-state index in [9.17, 15) is 0 Å². The molecule has 0 saturated heterocycles. The van der Waals surface area contributed by atoms with Crippen molar-refractivity contribution < 1.29 is 0 Å². The molecule has 114 valence electrons. The maximum absolute atomic E-state index is 9.05. The van der Waals surface area contributed by atoms with E-state index in [4.69, 9.17) is 5.26 Å². The molecule has 1 aliphatic carbocycles. The maximum Gasteiger partial charge on any atom is 0.0949 e. The molecule has 1 aliphatic rings. The quantitative estimate of drug-likeness (QED) is 0.922. The number of imidazole rings is 1. The average molecular weight is 294 g/mol. The Kier molecular flexibility index (Phi) is 4.87. The number of nitrogens with one attached hydrogen (secondary N) is 1. The minimum absolute atomic E-state index is 0.240. The van der Waals surface area contributed by atoms with Crippen LogP contribution in [0.4, 0.5) is 0 Å². The summed E-state index contributed by atoms with van der Waals surface area (Å²) < 4.78 is 2.07. The first-order chi connectivity index (χ1) is 10.8. The molecule has 3 rings (SSSR count). The first kappa shape index (κ1) is 14.8. The van der Waals surface area contributed by atoms with Crippen LogP contribution in [-0.2, 0) is 13.1 Å². The molecule has 4 heteroatoms. The van der Waals surface area contributed by atoms with Gasteiger partial charge in [0.05, 0.1) is 12.4 Å². The molecule has 4 nitrogen and oxygen atoms in total. The van der Waals surface area contributed by atoms with E-state index in [1.807, 2.05) is 12.5 Å². The van der Waals surface area contributed by atoms with Crippen LogP contribution in [0, 0.1) is 17.2 Å². The molecule has 0 aliphatic heterocycles. The first-order valence-corrected chi connectivity index (χ1v) is 8.00. The number of nitrogens with zero attached hydrogens (tertiary/aromatic N) is 3. The van der Waals surface area contributed by atoms with E-state index in [2.05, 4.69) is 45.2 Å². The van der Waals surface area contributed by atoms with Gasteiger partial charge in [0.15, 0.2) is 0 Å². The number of benzene rings is 1. The second kappa shape index (κ2) is 7.24. The molecule has 2 atom stereocenters. The van der Waals surface area contributed by atoms with Gasteiger partial charge in [-0.3, -0.25) is 0 Å². The van der Waals surface area contributed by atoms with E-state index >= 15 is 0 Å². The van der Waals surface area contributed by atoms with Gasteiger partial charge in [-0.25, -0.2) is 4.98 Å². The van der Waals surface area contributed by atoms with Gasteiger partial charge in [-0.1, -0.05) is 30.7 Å². The lowest BCUT2D eigenvalue weighted by Crippen LogP contribution is -2.33. The number of hydrogen-bond acceptors (Lipinski definition) is 3. The van der Waals surface area contributed by atoms with Gasteiger partial charge in [0.25, 0.3) is 0 Å². The third kappa shape index (κ3) is 3.96. The van der Waals surface area contributed by atoms with Crippen LogP contribution in [-0.4, -0.2) is 15.6 Å². The summed E-state index contributed by atoms with van der Waals surface area (Å²) >= 11 is 0. The number of aromatic nitrogens is 2. The van der Waals surface area contributed by atoms with Crippen LogP contribution < -0.4 is 5.32 Å². The summed E-state index contributed by atoms with van der Waals surface area (Å²) in [5, 5.41) is 12.6. The Morgan fingerprint density at radius 3 is 2.77 bits per heavy atom. The third-order valence-corrected chi connectivity index (χ3v) is 4.40. The molecule has 0 bridgehead atoms. The van der Waals surface area contributed by atoms with Crippen LogP contribution in [0.3, 0.4) is 0 Å². The molecule has 1 fully saturated rings. The summed E-state index contributed by atoms with van der Waals surface area (Å²) in [4.78, 5) is 4.06. The van der Waals surface area contributed by atoms with Crippen molar-refractivity contribution in [1.82, 2.24) is 14.9 Å². The Hall–Kier alpha value is -2.12. The highest BCUT2D eigenvalue weighted by atomic mass is 15.0. The lowest BCUT2D eigenvalue weighted by Gasteiger charge is -2.26. The molecule has 1 saturated carbocycles. The van der Waals surface area contributed by atoms with E-state index in [1.165, 1.54) is 24.0 Å². The van der Waals surface area contributed by atoms with Crippen molar-refractivity contribution in [3.05, 3.63) is 54.1 Å². The minimum atomic E-state index is 0.240. The number of rotatable bonds is 5. The lowest BCUT2D eigenvalue weighted by atomic mass is 9.86. The van der Waals surface area contributed by atoms with Crippen LogP contribution >= 0.6 is 0 Å². The molecule has 0 radical (unpaired) electrons. The predicted octanol–water partition coefficient (Wildman–Crippen LogP) is 3.10. The standard InChI is InChI=1S/C18H22N4/c19-11-17-2-1-3-18(10-17)21-12-15-4-6-16(7-5-15)13-22-9-8-20-14-22/h4-9,14,17-18,21H,1-3,10,12-13H2/t17-,18-/m1/s1. The van der Waals surface area contributed by atoms with E-state index in [0.29, 0.717) is 6.04 Å². The van der Waals surface area contributed by atoms with E-state index < -0.39 is 0 Å². The van der Waals surface area contributed by atoms with Gasteiger partial charge in [-0.15, -0.1) is 0 Å². The molecule has 1 aromatic carbocycles. The van der Waals surface area contributed by atoms with Gasteiger partial charge in [0.2, 0.25) is 0 Å². The fourth-order valence-corrected chi connectivity index (χ4v) is 3.11. The highest BCUT2D eigenvalue weighted by Gasteiger charge is 2.20. The average Bonchev–Trinajstić information content (AvgIpc) is 3.07. The van der Waals surface area contributed by atoms with Gasteiger partial charge in [0.1, 0.15) is 0 Å². The molecule has 1 heterocycles. The van der Waals surface area contributed by atoms with Gasteiger partial charge in [-0.05, 0) is 30.4 Å². The highest BCUT2D eigenvalue weighted by Crippen LogP contribution is 2.23. The van der Waals surface area contributed by atoms with Crippen LogP contribution in [0.25, 0.3) is 0 Å². The fourth-order valence-electron chi connectivity index (χ4n) is 3.11. The summed E-state index contributed by atoms with van der Waals surface area (Å²) in [6, 6.07) is 11.6. The lowest BCUT2D eigenvalue weighted by molar-refractivity contribution is 0.327. The molecule has 2 aromatic rings. The molecule has 0 amide bonds. The van der Waals surface area contributed by atoms with Gasteiger partial charge >= 0.3 is 0 Å². The van der Waals surface area contributed by atoms with Crippen molar-refractivity contribution in [2.45, 2.75) is 44.8 Å². The summed E-state index contributed by atoms with van der Waals surface area (Å²) in [5.41, 5.74) is 2.58. The topological polar surface area (TPSA) is 53.6 Å². The molecular formula is C18H22N4. The zero-order valence-electron chi connectivity index (χ0n) is 12.8. The molecule has 0 spiro atoms. The Labute approximate surface area is 131 Å². The smallest absolute Gasteiger partial charge is 0.0949 e. The fraction of sp³-hybridized carbons (Fsp3) is 0.444. The van der Waals surface area contributed by atoms with Crippen LogP contribution in [0.5, 0.6) is 0 Å². The van der Waals surface area contributed by atoms with Crippen LogP contribution in [0.15, 0.2) is 43.0 Å². The van der Waals surface area contributed by atoms with Crippen molar-refractivity contribution in [2.24, 2.45) is 5.92 Å². The zero-order valence-corrected chi connectivity index (χ0v) is 12.8. The molecule has 22 heavy (non-hydrogen) atoms.